The Morgan fingerprint density at radius 2 is 1.64 bits per heavy atom. The van der Waals surface area contributed by atoms with Crippen LogP contribution in [0.25, 0.3) is 0 Å². The monoisotopic (exact) mass is 331 g/mol. The van der Waals surface area contributed by atoms with E-state index in [1.165, 1.54) is 0 Å². The molecule has 0 aliphatic heterocycles. The van der Waals surface area contributed by atoms with Crippen molar-refractivity contribution in [3.05, 3.63) is 69.8 Å². The van der Waals surface area contributed by atoms with Crippen LogP contribution in [0.15, 0.2) is 30.3 Å². The summed E-state index contributed by atoms with van der Waals surface area (Å²) in [6.45, 7) is 0.112. The summed E-state index contributed by atoms with van der Waals surface area (Å²) in [5.74, 6) is -8.33. The average Bonchev–Trinajstić information content (AvgIpc) is 2.50. The SMILES string of the molecule is O=C(NCCc1ccc(Cl)cc1)c1cc(F)c(F)c(F)c1F. The van der Waals surface area contributed by atoms with Crippen LogP contribution in [-0.4, -0.2) is 12.5 Å². The smallest absolute Gasteiger partial charge is 0.254 e. The standard InChI is InChI=1S/C15H10ClF4NO/c16-9-3-1-8(2-4-9)5-6-21-15(22)10-7-11(17)13(19)14(20)12(10)18/h1-4,7H,5-6H2,(H,21,22). The molecular formula is C15H10ClF4NO. The van der Waals surface area contributed by atoms with Gasteiger partial charge in [-0.05, 0) is 30.2 Å². The molecule has 2 nitrogen and oxygen atoms in total. The predicted molar refractivity (Wildman–Crippen MR) is 73.8 cm³/mol. The Labute approximate surface area is 128 Å². The van der Waals surface area contributed by atoms with Gasteiger partial charge in [-0.15, -0.1) is 0 Å². The minimum Gasteiger partial charge on any atom is -0.352 e. The van der Waals surface area contributed by atoms with Crippen molar-refractivity contribution in [1.29, 1.82) is 0 Å². The zero-order valence-corrected chi connectivity index (χ0v) is 11.9. The van der Waals surface area contributed by atoms with Crippen molar-refractivity contribution < 1.29 is 22.4 Å². The maximum absolute atomic E-state index is 13.4. The van der Waals surface area contributed by atoms with Gasteiger partial charge >= 0.3 is 0 Å². The third-order valence-electron chi connectivity index (χ3n) is 2.96. The van der Waals surface area contributed by atoms with Crippen LogP contribution in [0.4, 0.5) is 17.6 Å². The Hall–Kier alpha value is -2.08. The highest BCUT2D eigenvalue weighted by Crippen LogP contribution is 2.18. The Morgan fingerprint density at radius 3 is 2.27 bits per heavy atom. The first-order chi connectivity index (χ1) is 10.4. The van der Waals surface area contributed by atoms with Crippen LogP contribution in [0, 0.1) is 23.3 Å². The molecule has 22 heavy (non-hydrogen) atoms. The first-order valence-corrected chi connectivity index (χ1v) is 6.63. The number of carbonyl (C=O) groups is 1. The van der Waals surface area contributed by atoms with Crippen molar-refractivity contribution in [2.45, 2.75) is 6.42 Å². The average molecular weight is 332 g/mol. The van der Waals surface area contributed by atoms with Gasteiger partial charge in [-0.1, -0.05) is 23.7 Å². The molecule has 0 aliphatic carbocycles. The van der Waals surface area contributed by atoms with Crippen LogP contribution in [0.1, 0.15) is 15.9 Å². The molecule has 0 unspecified atom stereocenters. The van der Waals surface area contributed by atoms with Gasteiger partial charge < -0.3 is 5.32 Å². The van der Waals surface area contributed by atoms with E-state index >= 15 is 0 Å². The van der Waals surface area contributed by atoms with E-state index in [1.807, 2.05) is 0 Å². The van der Waals surface area contributed by atoms with Crippen molar-refractivity contribution >= 4 is 17.5 Å². The molecule has 2 rings (SSSR count). The molecule has 0 atom stereocenters. The molecule has 0 bridgehead atoms. The normalized spacial score (nSPS) is 10.6. The van der Waals surface area contributed by atoms with Crippen LogP contribution < -0.4 is 5.32 Å². The Morgan fingerprint density at radius 1 is 1.00 bits per heavy atom. The maximum atomic E-state index is 13.4. The molecule has 7 heteroatoms. The van der Waals surface area contributed by atoms with Gasteiger partial charge in [-0.2, -0.15) is 0 Å². The summed E-state index contributed by atoms with van der Waals surface area (Å²) in [6.07, 6.45) is 0.413. The number of carbonyl (C=O) groups excluding carboxylic acids is 1. The second kappa shape index (κ2) is 6.79. The summed E-state index contributed by atoms with van der Waals surface area (Å²) in [6, 6.07) is 7.15. The second-order valence-electron chi connectivity index (χ2n) is 4.48. The van der Waals surface area contributed by atoms with Gasteiger partial charge in [0.05, 0.1) is 5.56 Å². The molecular weight excluding hydrogens is 322 g/mol. The number of benzene rings is 2. The number of hydrogen-bond acceptors (Lipinski definition) is 1. The summed E-state index contributed by atoms with van der Waals surface area (Å²) < 4.78 is 52.3. The van der Waals surface area contributed by atoms with E-state index in [-0.39, 0.29) is 6.54 Å². The first kappa shape index (κ1) is 16.3. The molecule has 1 amide bonds. The van der Waals surface area contributed by atoms with E-state index in [0.29, 0.717) is 17.5 Å². The zero-order valence-electron chi connectivity index (χ0n) is 11.1. The van der Waals surface area contributed by atoms with Crippen LogP contribution in [0.3, 0.4) is 0 Å². The van der Waals surface area contributed by atoms with Gasteiger partial charge in [0, 0.05) is 11.6 Å². The van der Waals surface area contributed by atoms with E-state index in [1.54, 1.807) is 24.3 Å². The highest BCUT2D eigenvalue weighted by atomic mass is 35.5. The van der Waals surface area contributed by atoms with Gasteiger partial charge in [-0.25, -0.2) is 17.6 Å². The minimum atomic E-state index is -2.01. The van der Waals surface area contributed by atoms with E-state index in [4.69, 9.17) is 11.6 Å². The topological polar surface area (TPSA) is 29.1 Å². The van der Waals surface area contributed by atoms with E-state index in [0.717, 1.165) is 5.56 Å². The summed E-state index contributed by atoms with van der Waals surface area (Å²) >= 11 is 5.72. The predicted octanol–water partition coefficient (Wildman–Crippen LogP) is 3.87. The molecule has 0 saturated carbocycles. The molecule has 0 aliphatic rings. The van der Waals surface area contributed by atoms with Crippen molar-refractivity contribution in [3.8, 4) is 0 Å². The number of nitrogens with one attached hydrogen (secondary N) is 1. The van der Waals surface area contributed by atoms with Gasteiger partial charge in [0.1, 0.15) is 0 Å². The lowest BCUT2D eigenvalue weighted by molar-refractivity contribution is 0.0948. The highest BCUT2D eigenvalue weighted by molar-refractivity contribution is 6.30. The largest absolute Gasteiger partial charge is 0.352 e. The van der Waals surface area contributed by atoms with Crippen molar-refractivity contribution in [2.75, 3.05) is 6.54 Å². The highest BCUT2D eigenvalue weighted by Gasteiger charge is 2.22. The lowest BCUT2D eigenvalue weighted by Crippen LogP contribution is -2.27. The number of hydrogen-bond donors (Lipinski definition) is 1. The fourth-order valence-electron chi connectivity index (χ4n) is 1.80. The van der Waals surface area contributed by atoms with Crippen molar-refractivity contribution in [1.82, 2.24) is 5.32 Å². The Kier molecular flexibility index (Phi) is 5.03. The van der Waals surface area contributed by atoms with E-state index < -0.39 is 34.7 Å². The summed E-state index contributed by atoms with van der Waals surface area (Å²) in [5, 5.41) is 2.87. The molecule has 0 saturated heterocycles. The quantitative estimate of drug-likeness (QED) is 0.514. The molecule has 2 aromatic carbocycles. The molecule has 1 N–H and O–H groups in total. The number of amides is 1. The fourth-order valence-corrected chi connectivity index (χ4v) is 1.93. The lowest BCUT2D eigenvalue weighted by atomic mass is 10.1. The van der Waals surface area contributed by atoms with Gasteiger partial charge in [0.25, 0.3) is 5.91 Å². The minimum absolute atomic E-state index is 0.112. The zero-order chi connectivity index (χ0) is 16.3. The van der Waals surface area contributed by atoms with Crippen LogP contribution in [0.5, 0.6) is 0 Å². The molecule has 0 heterocycles. The third kappa shape index (κ3) is 3.57. The Bertz CT molecular complexity index is 704. The van der Waals surface area contributed by atoms with E-state index in [9.17, 15) is 22.4 Å². The lowest BCUT2D eigenvalue weighted by Gasteiger charge is -2.08. The molecule has 2 aromatic rings. The van der Waals surface area contributed by atoms with Crippen molar-refractivity contribution in [2.24, 2.45) is 0 Å². The summed E-state index contributed by atoms with van der Waals surface area (Å²) in [5.41, 5.74) is -0.0193. The summed E-state index contributed by atoms with van der Waals surface area (Å²) in [7, 11) is 0. The first-order valence-electron chi connectivity index (χ1n) is 6.25. The number of halogens is 5. The van der Waals surface area contributed by atoms with E-state index in [2.05, 4.69) is 5.32 Å². The third-order valence-corrected chi connectivity index (χ3v) is 3.21. The van der Waals surface area contributed by atoms with Crippen LogP contribution in [0.2, 0.25) is 5.02 Å². The van der Waals surface area contributed by atoms with Crippen LogP contribution >= 0.6 is 11.6 Å². The molecule has 116 valence electrons. The fraction of sp³-hybridized carbons (Fsp3) is 0.133. The molecule has 0 aromatic heterocycles. The Balaban J connectivity index is 2.02. The summed E-state index contributed by atoms with van der Waals surface area (Å²) in [4.78, 5) is 11.7. The van der Waals surface area contributed by atoms with Gasteiger partial charge in [-0.3, -0.25) is 4.79 Å². The molecule has 0 radical (unpaired) electrons. The maximum Gasteiger partial charge on any atom is 0.254 e. The molecule has 0 fully saturated rings. The van der Waals surface area contributed by atoms with Crippen LogP contribution in [-0.2, 0) is 6.42 Å². The van der Waals surface area contributed by atoms with Crippen molar-refractivity contribution in [3.63, 3.8) is 0 Å². The number of rotatable bonds is 4. The molecule has 0 spiro atoms. The van der Waals surface area contributed by atoms with Gasteiger partial charge in [0.15, 0.2) is 23.3 Å². The second-order valence-corrected chi connectivity index (χ2v) is 4.92. The van der Waals surface area contributed by atoms with Gasteiger partial charge in [0.2, 0.25) is 0 Å².